The van der Waals surface area contributed by atoms with E-state index < -0.39 is 0 Å². The van der Waals surface area contributed by atoms with E-state index in [1.807, 2.05) is 42.6 Å². The Balaban J connectivity index is 1.65. The SMILES string of the molecule is COc1cccc(CNC(=O)Cc2nc(-c3cccs3)oc2C)c1OC. The van der Waals surface area contributed by atoms with Crippen LogP contribution in [0.25, 0.3) is 10.8 Å². The predicted molar refractivity (Wildman–Crippen MR) is 99.6 cm³/mol. The van der Waals surface area contributed by atoms with E-state index in [1.165, 1.54) is 0 Å². The van der Waals surface area contributed by atoms with Crippen LogP contribution in [0.5, 0.6) is 11.5 Å². The summed E-state index contributed by atoms with van der Waals surface area (Å²) >= 11 is 1.55. The molecule has 7 heteroatoms. The highest BCUT2D eigenvalue weighted by Gasteiger charge is 2.16. The van der Waals surface area contributed by atoms with Crippen LogP contribution in [0.15, 0.2) is 40.1 Å². The fourth-order valence-electron chi connectivity index (χ4n) is 2.60. The van der Waals surface area contributed by atoms with E-state index in [9.17, 15) is 4.79 Å². The second-order valence-electron chi connectivity index (χ2n) is 5.61. The van der Waals surface area contributed by atoms with Crippen molar-refractivity contribution in [2.45, 2.75) is 19.9 Å². The van der Waals surface area contributed by atoms with Gasteiger partial charge in [0.1, 0.15) is 5.76 Å². The minimum absolute atomic E-state index is 0.135. The number of carbonyl (C=O) groups excluding carboxylic acids is 1. The van der Waals surface area contributed by atoms with E-state index in [2.05, 4.69) is 10.3 Å². The van der Waals surface area contributed by atoms with Gasteiger partial charge in [0, 0.05) is 12.1 Å². The van der Waals surface area contributed by atoms with Crippen LogP contribution < -0.4 is 14.8 Å². The number of hydrogen-bond acceptors (Lipinski definition) is 6. The van der Waals surface area contributed by atoms with Gasteiger partial charge in [-0.15, -0.1) is 11.3 Å². The Hall–Kier alpha value is -2.80. The van der Waals surface area contributed by atoms with Crippen molar-refractivity contribution in [2.75, 3.05) is 14.2 Å². The molecule has 1 N–H and O–H groups in total. The molecule has 0 saturated carbocycles. The molecule has 1 aromatic carbocycles. The molecule has 0 radical (unpaired) electrons. The molecule has 3 rings (SSSR count). The number of amides is 1. The maximum atomic E-state index is 12.3. The molecule has 0 saturated heterocycles. The monoisotopic (exact) mass is 372 g/mol. The first-order valence-corrected chi connectivity index (χ1v) is 8.97. The maximum absolute atomic E-state index is 12.3. The van der Waals surface area contributed by atoms with Gasteiger partial charge < -0.3 is 19.2 Å². The molecule has 0 aliphatic rings. The Labute approximate surface area is 155 Å². The number of aromatic nitrogens is 1. The smallest absolute Gasteiger partial charge is 0.236 e. The van der Waals surface area contributed by atoms with Gasteiger partial charge in [-0.2, -0.15) is 0 Å². The Morgan fingerprint density at radius 2 is 2.08 bits per heavy atom. The van der Waals surface area contributed by atoms with Crippen molar-refractivity contribution in [3.8, 4) is 22.3 Å². The van der Waals surface area contributed by atoms with Gasteiger partial charge in [0.05, 0.1) is 31.2 Å². The number of oxazole rings is 1. The van der Waals surface area contributed by atoms with Crippen LogP contribution in [0.3, 0.4) is 0 Å². The molecule has 0 aliphatic carbocycles. The van der Waals surface area contributed by atoms with Crippen molar-refractivity contribution >= 4 is 17.2 Å². The van der Waals surface area contributed by atoms with Crippen LogP contribution in [0.4, 0.5) is 0 Å². The first kappa shape index (κ1) is 18.0. The second kappa shape index (κ2) is 8.05. The Morgan fingerprint density at radius 1 is 1.23 bits per heavy atom. The number of carbonyl (C=O) groups is 1. The molecule has 0 unspecified atom stereocenters. The summed E-state index contributed by atoms with van der Waals surface area (Å²) in [6, 6.07) is 9.44. The number of thiophene rings is 1. The fourth-order valence-corrected chi connectivity index (χ4v) is 3.25. The summed E-state index contributed by atoms with van der Waals surface area (Å²) in [5, 5.41) is 4.85. The van der Waals surface area contributed by atoms with E-state index in [1.54, 1.807) is 25.6 Å². The van der Waals surface area contributed by atoms with Crippen molar-refractivity contribution < 1.29 is 18.7 Å². The Bertz CT molecular complexity index is 887. The number of hydrogen-bond donors (Lipinski definition) is 1. The van der Waals surface area contributed by atoms with Crippen LogP contribution in [-0.4, -0.2) is 25.1 Å². The van der Waals surface area contributed by atoms with Crippen LogP contribution in [0.2, 0.25) is 0 Å². The Morgan fingerprint density at radius 3 is 2.77 bits per heavy atom. The van der Waals surface area contributed by atoms with E-state index in [-0.39, 0.29) is 12.3 Å². The molecule has 0 atom stereocenters. The predicted octanol–water partition coefficient (Wildman–Crippen LogP) is 3.59. The second-order valence-corrected chi connectivity index (χ2v) is 6.55. The fraction of sp³-hybridized carbons (Fsp3) is 0.263. The summed E-state index contributed by atoms with van der Waals surface area (Å²) in [4.78, 5) is 17.7. The molecular formula is C19H20N2O4S. The first-order chi connectivity index (χ1) is 12.6. The number of nitrogens with zero attached hydrogens (tertiary/aromatic N) is 1. The minimum Gasteiger partial charge on any atom is -0.493 e. The molecule has 136 valence electrons. The molecule has 6 nitrogen and oxygen atoms in total. The number of rotatable bonds is 7. The summed E-state index contributed by atoms with van der Waals surface area (Å²) in [6.45, 7) is 2.16. The number of aryl methyl sites for hydroxylation is 1. The number of benzene rings is 1. The molecule has 3 aromatic rings. The van der Waals surface area contributed by atoms with E-state index in [4.69, 9.17) is 13.9 Å². The van der Waals surface area contributed by atoms with Crippen molar-refractivity contribution in [3.63, 3.8) is 0 Å². The summed E-state index contributed by atoms with van der Waals surface area (Å²) in [6.07, 6.45) is 0.160. The molecule has 0 aliphatic heterocycles. The average molecular weight is 372 g/mol. The first-order valence-electron chi connectivity index (χ1n) is 8.09. The number of para-hydroxylation sites is 1. The quantitative estimate of drug-likeness (QED) is 0.686. The standard InChI is InChI=1S/C19H20N2O4S/c1-12-14(21-19(25-12)16-8-5-9-26-16)10-17(22)20-11-13-6-4-7-15(23-2)18(13)24-3/h4-9H,10-11H2,1-3H3,(H,20,22). The van der Waals surface area contributed by atoms with Crippen molar-refractivity contribution in [3.05, 3.63) is 52.7 Å². The lowest BCUT2D eigenvalue weighted by atomic mass is 10.1. The maximum Gasteiger partial charge on any atom is 0.236 e. The molecule has 2 aromatic heterocycles. The number of methoxy groups -OCH3 is 2. The van der Waals surface area contributed by atoms with Crippen molar-refractivity contribution in [2.24, 2.45) is 0 Å². The minimum atomic E-state index is -0.135. The molecule has 2 heterocycles. The van der Waals surface area contributed by atoms with Gasteiger partial charge >= 0.3 is 0 Å². The zero-order valence-corrected chi connectivity index (χ0v) is 15.7. The molecule has 0 fully saturated rings. The highest BCUT2D eigenvalue weighted by Crippen LogP contribution is 2.30. The molecule has 0 spiro atoms. The van der Waals surface area contributed by atoms with E-state index in [0.717, 1.165) is 10.4 Å². The highest BCUT2D eigenvalue weighted by atomic mass is 32.1. The Kier molecular flexibility index (Phi) is 5.58. The molecule has 26 heavy (non-hydrogen) atoms. The number of ether oxygens (including phenoxy) is 2. The molecule has 0 bridgehead atoms. The van der Waals surface area contributed by atoms with Gasteiger partial charge in [-0.1, -0.05) is 18.2 Å². The average Bonchev–Trinajstić information content (AvgIpc) is 3.30. The topological polar surface area (TPSA) is 73.6 Å². The van der Waals surface area contributed by atoms with Crippen LogP contribution in [0, 0.1) is 6.92 Å². The zero-order chi connectivity index (χ0) is 18.5. The lowest BCUT2D eigenvalue weighted by Crippen LogP contribution is -2.25. The van der Waals surface area contributed by atoms with Crippen LogP contribution in [0.1, 0.15) is 17.0 Å². The van der Waals surface area contributed by atoms with Gasteiger partial charge in [0.15, 0.2) is 11.5 Å². The van der Waals surface area contributed by atoms with Crippen molar-refractivity contribution in [1.29, 1.82) is 0 Å². The van der Waals surface area contributed by atoms with E-state index in [0.29, 0.717) is 35.4 Å². The summed E-state index contributed by atoms with van der Waals surface area (Å²) in [5.74, 6) is 2.32. The van der Waals surface area contributed by atoms with Gasteiger partial charge in [0.25, 0.3) is 0 Å². The van der Waals surface area contributed by atoms with E-state index >= 15 is 0 Å². The summed E-state index contributed by atoms with van der Waals surface area (Å²) in [5.41, 5.74) is 1.49. The largest absolute Gasteiger partial charge is 0.493 e. The van der Waals surface area contributed by atoms with Crippen molar-refractivity contribution in [1.82, 2.24) is 10.3 Å². The summed E-state index contributed by atoms with van der Waals surface area (Å²) in [7, 11) is 3.16. The van der Waals surface area contributed by atoms with Crippen LogP contribution >= 0.6 is 11.3 Å². The molecule has 1 amide bonds. The lowest BCUT2D eigenvalue weighted by Gasteiger charge is -2.13. The lowest BCUT2D eigenvalue weighted by molar-refractivity contribution is -0.120. The van der Waals surface area contributed by atoms with Gasteiger partial charge in [-0.05, 0) is 24.4 Å². The van der Waals surface area contributed by atoms with Crippen LogP contribution in [-0.2, 0) is 17.8 Å². The molecular weight excluding hydrogens is 352 g/mol. The number of nitrogens with one attached hydrogen (secondary N) is 1. The van der Waals surface area contributed by atoms with Gasteiger partial charge in [-0.3, -0.25) is 4.79 Å². The third-order valence-corrected chi connectivity index (χ3v) is 4.77. The highest BCUT2D eigenvalue weighted by molar-refractivity contribution is 7.13. The zero-order valence-electron chi connectivity index (χ0n) is 14.9. The summed E-state index contributed by atoms with van der Waals surface area (Å²) < 4.78 is 16.3. The van der Waals surface area contributed by atoms with Gasteiger partial charge in [-0.25, -0.2) is 4.98 Å². The third-order valence-electron chi connectivity index (χ3n) is 3.91. The van der Waals surface area contributed by atoms with Gasteiger partial charge in [0.2, 0.25) is 11.8 Å². The normalized spacial score (nSPS) is 10.6. The third kappa shape index (κ3) is 3.88.